The van der Waals surface area contributed by atoms with Crippen LogP contribution in [0.4, 0.5) is 5.69 Å². The van der Waals surface area contributed by atoms with Crippen molar-refractivity contribution in [3.63, 3.8) is 0 Å². The van der Waals surface area contributed by atoms with Crippen molar-refractivity contribution in [3.8, 4) is 5.75 Å². The van der Waals surface area contributed by atoms with Gasteiger partial charge in [-0.25, -0.2) is 0 Å². The van der Waals surface area contributed by atoms with Crippen LogP contribution in [0, 0.1) is 0 Å². The fraction of sp³-hybridized carbons (Fsp3) is 0.148. The minimum Gasteiger partial charge on any atom is -0.495 e. The van der Waals surface area contributed by atoms with Crippen LogP contribution in [-0.2, 0) is 16.1 Å². The number of ether oxygens (including phenoxy) is 1. The zero-order valence-electron chi connectivity index (χ0n) is 19.8. The third-order valence-corrected chi connectivity index (χ3v) is 5.76. The second-order valence-corrected chi connectivity index (χ2v) is 8.26. The predicted octanol–water partition coefficient (Wildman–Crippen LogP) is 4.36. The van der Waals surface area contributed by atoms with Gasteiger partial charge in [-0.05, 0) is 48.0 Å². The fourth-order valence-electron chi connectivity index (χ4n) is 3.72. The summed E-state index contributed by atoms with van der Waals surface area (Å²) in [5.74, 6) is -0.561. The first kappa shape index (κ1) is 25.6. The molecule has 2 aromatic carbocycles. The summed E-state index contributed by atoms with van der Waals surface area (Å²) in [4.78, 5) is 40.9. The van der Waals surface area contributed by atoms with Gasteiger partial charge in [-0.3, -0.25) is 19.3 Å². The number of furan rings is 2. The van der Waals surface area contributed by atoms with E-state index in [1.807, 2.05) is 0 Å². The predicted molar refractivity (Wildman–Crippen MR) is 136 cm³/mol. The van der Waals surface area contributed by atoms with E-state index in [0.717, 1.165) is 0 Å². The number of nitrogens with one attached hydrogen (secondary N) is 2. The minimum absolute atomic E-state index is 0.0580. The average Bonchev–Trinajstić information content (AvgIpc) is 3.64. The number of hydrogen-bond acceptors (Lipinski definition) is 6. The Morgan fingerprint density at radius 3 is 2.35 bits per heavy atom. The van der Waals surface area contributed by atoms with Gasteiger partial charge in [-0.2, -0.15) is 0 Å². The summed E-state index contributed by atoms with van der Waals surface area (Å²) < 4.78 is 15.7. The smallest absolute Gasteiger partial charge is 0.287 e. The highest BCUT2D eigenvalue weighted by atomic mass is 35.5. The molecule has 2 heterocycles. The number of rotatable bonds is 10. The van der Waals surface area contributed by atoms with E-state index in [1.165, 1.54) is 36.7 Å². The van der Waals surface area contributed by atoms with E-state index in [0.29, 0.717) is 22.8 Å². The van der Waals surface area contributed by atoms with Crippen LogP contribution in [0.2, 0.25) is 5.02 Å². The maximum Gasteiger partial charge on any atom is 0.287 e. The molecule has 1 atom stereocenters. The Morgan fingerprint density at radius 2 is 1.70 bits per heavy atom. The first-order chi connectivity index (χ1) is 18.0. The molecule has 4 aromatic rings. The second kappa shape index (κ2) is 12.0. The lowest BCUT2D eigenvalue weighted by Gasteiger charge is -2.32. The topological polar surface area (TPSA) is 114 Å². The van der Waals surface area contributed by atoms with Crippen molar-refractivity contribution in [1.29, 1.82) is 0 Å². The Kier molecular flexibility index (Phi) is 8.27. The molecule has 0 unspecified atom stereocenters. The van der Waals surface area contributed by atoms with Gasteiger partial charge in [0.25, 0.3) is 5.91 Å². The average molecular weight is 522 g/mol. The van der Waals surface area contributed by atoms with Crippen LogP contribution in [0.3, 0.4) is 0 Å². The number of amides is 3. The molecule has 37 heavy (non-hydrogen) atoms. The van der Waals surface area contributed by atoms with Crippen LogP contribution in [0.25, 0.3) is 0 Å². The van der Waals surface area contributed by atoms with E-state index in [1.54, 1.807) is 60.7 Å². The lowest BCUT2D eigenvalue weighted by Crippen LogP contribution is -2.47. The van der Waals surface area contributed by atoms with Gasteiger partial charge in [0.05, 0.1) is 37.7 Å². The van der Waals surface area contributed by atoms with Crippen LogP contribution in [0.1, 0.15) is 27.9 Å². The molecule has 3 amide bonds. The molecular formula is C27H24ClN3O6. The van der Waals surface area contributed by atoms with E-state index >= 15 is 0 Å². The summed E-state index contributed by atoms with van der Waals surface area (Å²) >= 11 is 6.37. The van der Waals surface area contributed by atoms with Crippen LogP contribution in [0.15, 0.2) is 94.2 Å². The number of carbonyl (C=O) groups is 3. The molecule has 0 bridgehead atoms. The fourth-order valence-corrected chi connectivity index (χ4v) is 3.97. The molecule has 0 spiro atoms. The molecule has 0 saturated heterocycles. The summed E-state index contributed by atoms with van der Waals surface area (Å²) in [5, 5.41) is 5.62. The molecule has 2 aromatic heterocycles. The monoisotopic (exact) mass is 521 g/mol. The van der Waals surface area contributed by atoms with Gasteiger partial charge in [0, 0.05) is 5.69 Å². The number of carbonyl (C=O) groups excluding carboxylic acids is 3. The number of benzene rings is 2. The molecule has 0 fully saturated rings. The van der Waals surface area contributed by atoms with E-state index in [9.17, 15) is 14.4 Å². The second-order valence-electron chi connectivity index (χ2n) is 7.85. The Balaban J connectivity index is 1.69. The summed E-state index contributed by atoms with van der Waals surface area (Å²) in [7, 11) is 1.48. The van der Waals surface area contributed by atoms with E-state index in [2.05, 4.69) is 10.6 Å². The number of methoxy groups -OCH3 is 1. The van der Waals surface area contributed by atoms with Crippen molar-refractivity contribution in [2.45, 2.75) is 12.6 Å². The summed E-state index contributed by atoms with van der Waals surface area (Å²) in [6, 6.07) is 19.0. The van der Waals surface area contributed by atoms with Crippen LogP contribution >= 0.6 is 11.6 Å². The maximum atomic E-state index is 13.6. The molecule has 0 radical (unpaired) electrons. The van der Waals surface area contributed by atoms with Crippen LogP contribution in [-0.4, -0.2) is 31.4 Å². The van der Waals surface area contributed by atoms with Gasteiger partial charge < -0.3 is 24.2 Å². The molecule has 0 aliphatic carbocycles. The first-order valence-corrected chi connectivity index (χ1v) is 11.7. The summed E-state index contributed by atoms with van der Waals surface area (Å²) in [5.41, 5.74) is 0.891. The van der Waals surface area contributed by atoms with Crippen LogP contribution in [0.5, 0.6) is 5.75 Å². The largest absolute Gasteiger partial charge is 0.495 e. The third kappa shape index (κ3) is 6.20. The molecule has 2 N–H and O–H groups in total. The van der Waals surface area contributed by atoms with Crippen molar-refractivity contribution in [2.75, 3.05) is 18.6 Å². The molecule has 4 rings (SSSR count). The Bertz CT molecular complexity index is 1340. The Morgan fingerprint density at radius 1 is 0.946 bits per heavy atom. The summed E-state index contributed by atoms with van der Waals surface area (Å²) in [6.07, 6.45) is 2.87. The Hall–Kier alpha value is -4.50. The standard InChI is InChI=1S/C27H24ClN3O6/c1-35-22-12-11-19(15-21(22)28)31(24(32)17-30-26(33)23-10-6-14-37-23)25(18-7-3-2-4-8-18)27(34)29-16-20-9-5-13-36-20/h2-15,25H,16-17H2,1H3,(H,29,34)(H,30,33)/t25-/m0/s1. The van der Waals surface area contributed by atoms with Crippen molar-refractivity contribution in [1.82, 2.24) is 10.6 Å². The molecule has 9 nitrogen and oxygen atoms in total. The Labute approximate surface area is 218 Å². The SMILES string of the molecule is COc1ccc(N(C(=O)CNC(=O)c2ccco2)[C@H](C(=O)NCc2ccco2)c2ccccc2)cc1Cl. The van der Waals surface area contributed by atoms with Gasteiger partial charge in [-0.1, -0.05) is 41.9 Å². The lowest BCUT2D eigenvalue weighted by molar-refractivity contribution is -0.126. The highest BCUT2D eigenvalue weighted by molar-refractivity contribution is 6.32. The normalized spacial score (nSPS) is 11.4. The van der Waals surface area contributed by atoms with Crippen molar-refractivity contribution in [2.24, 2.45) is 0 Å². The van der Waals surface area contributed by atoms with Crippen molar-refractivity contribution < 1.29 is 28.0 Å². The van der Waals surface area contributed by atoms with Gasteiger partial charge in [0.15, 0.2) is 5.76 Å². The lowest BCUT2D eigenvalue weighted by atomic mass is 10.0. The molecular weight excluding hydrogens is 498 g/mol. The number of hydrogen-bond donors (Lipinski definition) is 2. The van der Waals surface area contributed by atoms with Crippen molar-refractivity contribution in [3.05, 3.63) is 107 Å². The van der Waals surface area contributed by atoms with Gasteiger partial charge in [0.2, 0.25) is 11.8 Å². The van der Waals surface area contributed by atoms with E-state index in [4.69, 9.17) is 25.2 Å². The van der Waals surface area contributed by atoms with Gasteiger partial charge in [-0.15, -0.1) is 0 Å². The van der Waals surface area contributed by atoms with E-state index < -0.39 is 30.3 Å². The number of halogens is 1. The van der Waals surface area contributed by atoms with E-state index in [-0.39, 0.29) is 17.3 Å². The molecule has 0 aliphatic heterocycles. The number of nitrogens with zero attached hydrogens (tertiary/aromatic N) is 1. The first-order valence-electron chi connectivity index (χ1n) is 11.3. The highest BCUT2D eigenvalue weighted by Gasteiger charge is 2.33. The maximum absolute atomic E-state index is 13.6. The van der Waals surface area contributed by atoms with Crippen molar-refractivity contribution >= 4 is 35.0 Å². The zero-order chi connectivity index (χ0) is 26.2. The molecule has 0 saturated carbocycles. The zero-order valence-corrected chi connectivity index (χ0v) is 20.6. The highest BCUT2D eigenvalue weighted by Crippen LogP contribution is 2.34. The third-order valence-electron chi connectivity index (χ3n) is 5.47. The molecule has 10 heteroatoms. The molecule has 0 aliphatic rings. The van der Waals surface area contributed by atoms with Crippen LogP contribution < -0.4 is 20.3 Å². The van der Waals surface area contributed by atoms with Gasteiger partial charge >= 0.3 is 0 Å². The quantitative estimate of drug-likeness (QED) is 0.320. The number of anilines is 1. The van der Waals surface area contributed by atoms with Gasteiger partial charge in [0.1, 0.15) is 17.6 Å². The minimum atomic E-state index is -1.09. The molecule has 190 valence electrons. The summed E-state index contributed by atoms with van der Waals surface area (Å²) in [6.45, 7) is -0.284.